The Hall–Kier alpha value is -1.38. The summed E-state index contributed by atoms with van der Waals surface area (Å²) in [5.74, 6) is 0.613. The monoisotopic (exact) mass is 389 g/mol. The summed E-state index contributed by atoms with van der Waals surface area (Å²) in [6.45, 7) is 4.83. The largest absolute Gasteiger partial charge is 0.491 e. The van der Waals surface area contributed by atoms with E-state index in [0.717, 1.165) is 18.4 Å². The zero-order valence-electron chi connectivity index (χ0n) is 18.5. The minimum absolute atomic E-state index is 0.413. The van der Waals surface area contributed by atoms with Gasteiger partial charge < -0.3 is 4.74 Å². The molecule has 0 bridgehead atoms. The van der Waals surface area contributed by atoms with Gasteiger partial charge in [0, 0.05) is 5.69 Å². The predicted octanol–water partition coefficient (Wildman–Crippen LogP) is 7.84. The number of ether oxygens (including phenoxy) is 1. The number of unbranched alkanes of at least 4 members (excludes halogenated alkanes) is 15. The van der Waals surface area contributed by atoms with E-state index in [9.17, 15) is 4.79 Å². The van der Waals surface area contributed by atoms with Crippen LogP contribution in [0.25, 0.3) is 0 Å². The van der Waals surface area contributed by atoms with E-state index in [0.29, 0.717) is 18.1 Å². The minimum Gasteiger partial charge on any atom is -0.491 e. The molecule has 0 aliphatic rings. The van der Waals surface area contributed by atoms with E-state index >= 15 is 0 Å². The Morgan fingerprint density at radius 1 is 0.750 bits per heavy atom. The van der Waals surface area contributed by atoms with Crippen molar-refractivity contribution in [3.8, 4) is 5.75 Å². The zero-order valence-corrected chi connectivity index (χ0v) is 18.5. The molecule has 0 saturated heterocycles. The van der Waals surface area contributed by atoms with Gasteiger partial charge in [-0.05, 0) is 25.5 Å². The first-order valence-corrected chi connectivity index (χ1v) is 11.8. The van der Waals surface area contributed by atoms with Crippen molar-refractivity contribution in [3.05, 3.63) is 23.5 Å². The van der Waals surface area contributed by atoms with Gasteiger partial charge in [0.05, 0.1) is 6.61 Å². The topological polar surface area (TPSA) is 39.2 Å². The molecule has 1 heterocycles. The maximum absolute atomic E-state index is 11.0. The lowest BCUT2D eigenvalue weighted by molar-refractivity contribution is 0.111. The Labute approximate surface area is 173 Å². The Morgan fingerprint density at radius 2 is 1.21 bits per heavy atom. The Balaban J connectivity index is 1.83. The number of aromatic nitrogens is 1. The van der Waals surface area contributed by atoms with E-state index < -0.39 is 0 Å². The maximum Gasteiger partial charge on any atom is 0.172 e. The van der Waals surface area contributed by atoms with E-state index in [1.165, 1.54) is 96.3 Å². The fourth-order valence-electron chi connectivity index (χ4n) is 3.60. The second-order valence-electron chi connectivity index (χ2n) is 8.11. The molecule has 0 N–H and O–H groups in total. The molecular formula is C25H43NO2. The van der Waals surface area contributed by atoms with Crippen molar-refractivity contribution in [2.24, 2.45) is 0 Å². The van der Waals surface area contributed by atoms with Crippen LogP contribution in [0.2, 0.25) is 0 Å². The van der Waals surface area contributed by atoms with E-state index in [-0.39, 0.29) is 0 Å². The summed E-state index contributed by atoms with van der Waals surface area (Å²) in [5.41, 5.74) is 1.26. The van der Waals surface area contributed by atoms with E-state index in [2.05, 4.69) is 11.9 Å². The number of hydrogen-bond acceptors (Lipinski definition) is 3. The van der Waals surface area contributed by atoms with Gasteiger partial charge in [0.25, 0.3) is 0 Å². The molecule has 0 fully saturated rings. The Morgan fingerprint density at radius 3 is 1.68 bits per heavy atom. The van der Waals surface area contributed by atoms with Gasteiger partial charge in [-0.3, -0.25) is 4.79 Å². The molecule has 0 amide bonds. The van der Waals surface area contributed by atoms with Gasteiger partial charge in [-0.25, -0.2) is 4.98 Å². The van der Waals surface area contributed by atoms with E-state index in [1.807, 2.05) is 19.1 Å². The van der Waals surface area contributed by atoms with Crippen molar-refractivity contribution in [3.63, 3.8) is 0 Å². The van der Waals surface area contributed by atoms with Gasteiger partial charge in [0.15, 0.2) is 6.29 Å². The summed E-state index contributed by atoms with van der Waals surface area (Å²) in [6, 6.07) is 3.73. The summed E-state index contributed by atoms with van der Waals surface area (Å²) in [7, 11) is 0. The molecule has 0 unspecified atom stereocenters. The highest BCUT2D eigenvalue weighted by molar-refractivity contribution is 5.76. The maximum atomic E-state index is 11.0. The van der Waals surface area contributed by atoms with Crippen LogP contribution >= 0.6 is 0 Å². The minimum atomic E-state index is 0.413. The second-order valence-corrected chi connectivity index (χ2v) is 8.11. The standard InChI is InChI=1S/C25H43NO2/c1-3-4-5-6-7-8-9-10-11-12-13-14-15-16-17-18-21-28-25-20-19-23(2)26-24(25)22-27/h19-20,22H,3-18,21H2,1-2H3. The molecule has 1 aromatic rings. The van der Waals surface area contributed by atoms with Gasteiger partial charge in [-0.1, -0.05) is 103 Å². The van der Waals surface area contributed by atoms with Crippen LogP contribution in [-0.4, -0.2) is 17.9 Å². The van der Waals surface area contributed by atoms with Crippen molar-refractivity contribution in [2.45, 2.75) is 117 Å². The molecule has 0 aliphatic heterocycles. The van der Waals surface area contributed by atoms with Gasteiger partial charge in [-0.2, -0.15) is 0 Å². The summed E-state index contributed by atoms with van der Waals surface area (Å²) in [4.78, 5) is 15.2. The summed E-state index contributed by atoms with van der Waals surface area (Å²) in [5, 5.41) is 0. The summed E-state index contributed by atoms with van der Waals surface area (Å²) < 4.78 is 5.71. The van der Waals surface area contributed by atoms with Crippen molar-refractivity contribution < 1.29 is 9.53 Å². The predicted molar refractivity (Wildman–Crippen MR) is 119 cm³/mol. The third kappa shape index (κ3) is 12.9. The van der Waals surface area contributed by atoms with Crippen LogP contribution in [0.4, 0.5) is 0 Å². The fourth-order valence-corrected chi connectivity index (χ4v) is 3.60. The fraction of sp³-hybridized carbons (Fsp3) is 0.760. The molecule has 3 nitrogen and oxygen atoms in total. The lowest BCUT2D eigenvalue weighted by Gasteiger charge is -2.08. The number of nitrogens with zero attached hydrogens (tertiary/aromatic N) is 1. The van der Waals surface area contributed by atoms with Crippen LogP contribution in [0.15, 0.2) is 12.1 Å². The first kappa shape index (κ1) is 24.7. The van der Waals surface area contributed by atoms with Crippen molar-refractivity contribution in [1.29, 1.82) is 0 Å². The molecule has 0 atom stereocenters. The zero-order chi connectivity index (χ0) is 20.3. The smallest absolute Gasteiger partial charge is 0.172 e. The number of carbonyl (C=O) groups excluding carboxylic acids is 1. The van der Waals surface area contributed by atoms with Gasteiger partial charge in [-0.15, -0.1) is 0 Å². The summed E-state index contributed by atoms with van der Waals surface area (Å²) in [6.07, 6.45) is 22.6. The van der Waals surface area contributed by atoms with Gasteiger partial charge in [0.2, 0.25) is 0 Å². The highest BCUT2D eigenvalue weighted by atomic mass is 16.5. The normalized spacial score (nSPS) is 10.9. The third-order valence-corrected chi connectivity index (χ3v) is 5.39. The number of aryl methyl sites for hydroxylation is 1. The lowest BCUT2D eigenvalue weighted by Crippen LogP contribution is -2.02. The molecule has 160 valence electrons. The number of pyridine rings is 1. The molecule has 0 aliphatic carbocycles. The van der Waals surface area contributed by atoms with Crippen LogP contribution in [0.3, 0.4) is 0 Å². The quantitative estimate of drug-likeness (QED) is 0.179. The number of carbonyl (C=O) groups is 1. The number of aldehydes is 1. The van der Waals surface area contributed by atoms with Gasteiger partial charge >= 0.3 is 0 Å². The first-order chi connectivity index (χ1) is 13.8. The van der Waals surface area contributed by atoms with Crippen LogP contribution in [0.5, 0.6) is 5.75 Å². The number of hydrogen-bond donors (Lipinski definition) is 0. The Kier molecular flexibility index (Phi) is 15.6. The van der Waals surface area contributed by atoms with E-state index in [1.54, 1.807) is 0 Å². The Bertz CT molecular complexity index is 501. The molecule has 0 aromatic carbocycles. The molecule has 3 heteroatoms. The lowest BCUT2D eigenvalue weighted by atomic mass is 10.0. The molecular weight excluding hydrogens is 346 g/mol. The average molecular weight is 390 g/mol. The van der Waals surface area contributed by atoms with Crippen LogP contribution in [-0.2, 0) is 0 Å². The highest BCUT2D eigenvalue weighted by Crippen LogP contribution is 2.16. The first-order valence-electron chi connectivity index (χ1n) is 11.8. The van der Waals surface area contributed by atoms with Crippen LogP contribution < -0.4 is 4.74 Å². The molecule has 0 spiro atoms. The molecule has 28 heavy (non-hydrogen) atoms. The molecule has 0 saturated carbocycles. The average Bonchev–Trinajstić information content (AvgIpc) is 2.71. The highest BCUT2D eigenvalue weighted by Gasteiger charge is 2.04. The van der Waals surface area contributed by atoms with Crippen molar-refractivity contribution in [2.75, 3.05) is 6.61 Å². The molecule has 0 radical (unpaired) electrons. The van der Waals surface area contributed by atoms with Crippen molar-refractivity contribution in [1.82, 2.24) is 4.98 Å². The van der Waals surface area contributed by atoms with E-state index in [4.69, 9.17) is 4.74 Å². The second kappa shape index (κ2) is 17.7. The van der Waals surface area contributed by atoms with Crippen molar-refractivity contribution >= 4 is 6.29 Å². The van der Waals surface area contributed by atoms with Crippen LogP contribution in [0, 0.1) is 6.92 Å². The summed E-state index contributed by atoms with van der Waals surface area (Å²) >= 11 is 0. The van der Waals surface area contributed by atoms with Crippen LogP contribution in [0.1, 0.15) is 126 Å². The third-order valence-electron chi connectivity index (χ3n) is 5.39. The SMILES string of the molecule is CCCCCCCCCCCCCCCCCCOc1ccc(C)nc1C=O. The molecule has 1 rings (SSSR count). The molecule has 1 aromatic heterocycles. The van der Waals surface area contributed by atoms with Gasteiger partial charge in [0.1, 0.15) is 11.4 Å². The number of rotatable bonds is 19.